The van der Waals surface area contributed by atoms with Crippen molar-refractivity contribution in [3.05, 3.63) is 30.2 Å². The van der Waals surface area contributed by atoms with Crippen LogP contribution < -0.4 is 10.6 Å². The third kappa shape index (κ3) is 2.42. The molecular weight excluding hydrogens is 254 g/mol. The molecule has 104 valence electrons. The third-order valence-corrected chi connectivity index (χ3v) is 3.24. The van der Waals surface area contributed by atoms with E-state index < -0.39 is 6.10 Å². The van der Waals surface area contributed by atoms with E-state index in [1.54, 1.807) is 19.4 Å². The predicted molar refractivity (Wildman–Crippen MR) is 77.6 cm³/mol. The molecule has 0 saturated carbocycles. The van der Waals surface area contributed by atoms with Gasteiger partial charge < -0.3 is 15.7 Å². The molecule has 1 aliphatic rings. The summed E-state index contributed by atoms with van der Waals surface area (Å²) in [7, 11) is 0. The second-order valence-electron chi connectivity index (χ2n) is 4.86. The predicted octanol–water partition coefficient (Wildman–Crippen LogP) is 1.30. The topological polar surface area (TPSA) is 83.0 Å². The summed E-state index contributed by atoms with van der Waals surface area (Å²) in [6.07, 6.45) is 3.71. The molecule has 2 aromatic rings. The van der Waals surface area contributed by atoms with Crippen LogP contribution in [0, 0.1) is 0 Å². The summed E-state index contributed by atoms with van der Waals surface area (Å²) in [5.41, 5.74) is 2.95. The Kier molecular flexibility index (Phi) is 3.47. The van der Waals surface area contributed by atoms with E-state index in [1.807, 2.05) is 12.1 Å². The number of nitrogens with zero attached hydrogens (tertiary/aromatic N) is 3. The molecule has 0 aliphatic carbocycles. The Bertz CT molecular complexity index is 614. The molecule has 3 heterocycles. The molecule has 1 atom stereocenters. The van der Waals surface area contributed by atoms with Crippen molar-refractivity contribution in [1.29, 1.82) is 0 Å². The minimum absolute atomic E-state index is 0.418. The molecule has 6 nitrogen and oxygen atoms in total. The zero-order valence-electron chi connectivity index (χ0n) is 11.3. The molecule has 1 aliphatic heterocycles. The van der Waals surface area contributed by atoms with Crippen LogP contribution in [0.15, 0.2) is 24.7 Å². The number of nitrogens with one attached hydrogen (secondary N) is 2. The number of aliphatic hydroxyl groups excluding tert-OH is 1. The van der Waals surface area contributed by atoms with Gasteiger partial charge in [0.1, 0.15) is 18.0 Å². The highest BCUT2D eigenvalue weighted by molar-refractivity contribution is 5.78. The number of aromatic nitrogens is 3. The van der Waals surface area contributed by atoms with E-state index in [0.717, 1.165) is 41.4 Å². The highest BCUT2D eigenvalue weighted by Crippen LogP contribution is 2.32. The SMILES string of the molecule is CC(O)CNc1ncnc2c1CCNc1ncccc1-2. The average molecular weight is 271 g/mol. The first-order chi connectivity index (χ1) is 9.75. The molecule has 3 N–H and O–H groups in total. The van der Waals surface area contributed by atoms with E-state index in [0.29, 0.717) is 6.54 Å². The van der Waals surface area contributed by atoms with Crippen LogP contribution in [0.3, 0.4) is 0 Å². The number of hydrogen-bond donors (Lipinski definition) is 3. The molecule has 0 saturated heterocycles. The Morgan fingerprint density at radius 2 is 2.30 bits per heavy atom. The third-order valence-electron chi connectivity index (χ3n) is 3.24. The summed E-state index contributed by atoms with van der Waals surface area (Å²) in [6.45, 7) is 3.00. The summed E-state index contributed by atoms with van der Waals surface area (Å²) in [6, 6.07) is 3.91. The van der Waals surface area contributed by atoms with E-state index in [9.17, 15) is 5.11 Å². The molecule has 0 radical (unpaired) electrons. The Morgan fingerprint density at radius 1 is 1.40 bits per heavy atom. The zero-order chi connectivity index (χ0) is 13.9. The summed E-state index contributed by atoms with van der Waals surface area (Å²) in [4.78, 5) is 13.1. The first-order valence-corrected chi connectivity index (χ1v) is 6.71. The monoisotopic (exact) mass is 271 g/mol. The minimum Gasteiger partial charge on any atom is -0.392 e. The van der Waals surface area contributed by atoms with Crippen molar-refractivity contribution in [2.75, 3.05) is 23.7 Å². The maximum absolute atomic E-state index is 9.40. The Labute approximate surface area is 117 Å². The molecule has 1 unspecified atom stereocenters. The highest BCUT2D eigenvalue weighted by atomic mass is 16.3. The fourth-order valence-electron chi connectivity index (χ4n) is 2.32. The van der Waals surface area contributed by atoms with Gasteiger partial charge in [0.2, 0.25) is 0 Å². The van der Waals surface area contributed by atoms with Gasteiger partial charge in [0, 0.05) is 30.4 Å². The lowest BCUT2D eigenvalue weighted by molar-refractivity contribution is 0.208. The summed E-state index contributed by atoms with van der Waals surface area (Å²) < 4.78 is 0. The number of rotatable bonds is 3. The minimum atomic E-state index is -0.418. The fraction of sp³-hybridized carbons (Fsp3) is 0.357. The van der Waals surface area contributed by atoms with E-state index >= 15 is 0 Å². The maximum atomic E-state index is 9.40. The molecule has 20 heavy (non-hydrogen) atoms. The molecule has 0 bridgehead atoms. The molecular formula is C14H17N5O. The van der Waals surface area contributed by atoms with Gasteiger partial charge in [-0.3, -0.25) is 0 Å². The zero-order valence-corrected chi connectivity index (χ0v) is 11.3. The van der Waals surface area contributed by atoms with Gasteiger partial charge in [0.05, 0.1) is 11.8 Å². The van der Waals surface area contributed by atoms with E-state index in [2.05, 4.69) is 25.6 Å². The summed E-state index contributed by atoms with van der Waals surface area (Å²) >= 11 is 0. The van der Waals surface area contributed by atoms with Gasteiger partial charge in [-0.2, -0.15) is 0 Å². The molecule has 0 aromatic carbocycles. The standard InChI is InChI=1S/C14H17N5O/c1-9(20)7-17-14-11-4-6-16-13-10(3-2-5-15-13)12(11)18-8-19-14/h2-3,5,8-9,20H,4,6-7H2,1H3,(H,15,16)(H,17,18,19). The van der Waals surface area contributed by atoms with Gasteiger partial charge in [-0.15, -0.1) is 0 Å². The summed E-state index contributed by atoms with van der Waals surface area (Å²) in [5, 5.41) is 15.9. The number of anilines is 2. The number of pyridine rings is 1. The van der Waals surface area contributed by atoms with Crippen molar-refractivity contribution in [3.63, 3.8) is 0 Å². The first-order valence-electron chi connectivity index (χ1n) is 6.71. The van der Waals surface area contributed by atoms with Crippen molar-refractivity contribution in [2.45, 2.75) is 19.4 Å². The molecule has 0 fully saturated rings. The van der Waals surface area contributed by atoms with Gasteiger partial charge >= 0.3 is 0 Å². The largest absolute Gasteiger partial charge is 0.392 e. The maximum Gasteiger partial charge on any atom is 0.135 e. The normalized spacial score (nSPS) is 14.5. The van der Waals surface area contributed by atoms with E-state index in [-0.39, 0.29) is 0 Å². The first kappa shape index (κ1) is 12.8. The van der Waals surface area contributed by atoms with Crippen LogP contribution in [0.1, 0.15) is 12.5 Å². The van der Waals surface area contributed by atoms with Crippen molar-refractivity contribution in [3.8, 4) is 11.3 Å². The van der Waals surface area contributed by atoms with E-state index in [4.69, 9.17) is 0 Å². The smallest absolute Gasteiger partial charge is 0.135 e. The number of hydrogen-bond acceptors (Lipinski definition) is 6. The second-order valence-corrected chi connectivity index (χ2v) is 4.86. The quantitative estimate of drug-likeness (QED) is 0.780. The molecule has 3 rings (SSSR count). The van der Waals surface area contributed by atoms with E-state index in [1.165, 1.54) is 0 Å². The van der Waals surface area contributed by atoms with Gasteiger partial charge in [0.25, 0.3) is 0 Å². The second kappa shape index (κ2) is 5.42. The van der Waals surface area contributed by atoms with Crippen molar-refractivity contribution >= 4 is 11.6 Å². The van der Waals surface area contributed by atoms with Crippen LogP contribution in [-0.2, 0) is 6.42 Å². The van der Waals surface area contributed by atoms with Crippen LogP contribution in [0.2, 0.25) is 0 Å². The molecule has 0 amide bonds. The van der Waals surface area contributed by atoms with Crippen molar-refractivity contribution in [1.82, 2.24) is 15.0 Å². The van der Waals surface area contributed by atoms with Crippen molar-refractivity contribution in [2.24, 2.45) is 0 Å². The van der Waals surface area contributed by atoms with Gasteiger partial charge in [-0.1, -0.05) is 0 Å². The Balaban J connectivity index is 2.04. The van der Waals surface area contributed by atoms with Crippen LogP contribution in [-0.4, -0.2) is 39.3 Å². The van der Waals surface area contributed by atoms with Gasteiger partial charge in [-0.25, -0.2) is 15.0 Å². The molecule has 2 aromatic heterocycles. The van der Waals surface area contributed by atoms with Gasteiger partial charge in [-0.05, 0) is 25.5 Å². The average Bonchev–Trinajstić information content (AvgIpc) is 2.65. The lowest BCUT2D eigenvalue weighted by atomic mass is 10.1. The summed E-state index contributed by atoms with van der Waals surface area (Å²) in [5.74, 6) is 1.64. The van der Waals surface area contributed by atoms with Crippen LogP contribution in [0.25, 0.3) is 11.3 Å². The lowest BCUT2D eigenvalue weighted by Crippen LogP contribution is -2.18. The van der Waals surface area contributed by atoms with Crippen LogP contribution in [0.4, 0.5) is 11.6 Å². The Morgan fingerprint density at radius 3 is 3.15 bits per heavy atom. The Hall–Kier alpha value is -2.21. The molecule has 6 heteroatoms. The van der Waals surface area contributed by atoms with Crippen molar-refractivity contribution < 1.29 is 5.11 Å². The number of fused-ring (bicyclic) bond motifs is 3. The fourth-order valence-corrected chi connectivity index (χ4v) is 2.32. The highest BCUT2D eigenvalue weighted by Gasteiger charge is 2.19. The van der Waals surface area contributed by atoms with Crippen LogP contribution >= 0.6 is 0 Å². The number of aliphatic hydroxyl groups is 1. The van der Waals surface area contributed by atoms with Crippen LogP contribution in [0.5, 0.6) is 0 Å². The lowest BCUT2D eigenvalue weighted by Gasteiger charge is -2.13. The molecule has 0 spiro atoms. The van der Waals surface area contributed by atoms with Gasteiger partial charge in [0.15, 0.2) is 0 Å².